The molecule has 6 aromatic carbocycles. The van der Waals surface area contributed by atoms with Crippen LogP contribution in [0.1, 0.15) is 51.7 Å². The molecule has 2 aromatic heterocycles. The van der Waals surface area contributed by atoms with Crippen LogP contribution in [0.15, 0.2) is 127 Å². The number of aromatic hydroxyl groups is 4. The number of hydrogen-bond acceptors (Lipinski definition) is 7. The predicted molar refractivity (Wildman–Crippen MR) is 207 cm³/mol. The normalized spacial score (nSPS) is 18.0. The molecule has 8 heteroatoms. The molecule has 52 heavy (non-hydrogen) atoms. The largest absolute Gasteiger partial charge is 0.505 e. The van der Waals surface area contributed by atoms with E-state index >= 15 is 0 Å². The van der Waals surface area contributed by atoms with Gasteiger partial charge in [0.25, 0.3) is 0 Å². The van der Waals surface area contributed by atoms with Crippen LogP contribution >= 0.6 is 11.3 Å². The zero-order valence-corrected chi connectivity index (χ0v) is 29.1. The number of aromatic nitrogens is 2. The lowest BCUT2D eigenvalue weighted by molar-refractivity contribution is 0.380. The number of thiophene rings is 1. The van der Waals surface area contributed by atoms with Crippen LogP contribution < -0.4 is 5.46 Å². The molecule has 9 rings (SSSR count). The Bertz CT molecular complexity index is 2670. The van der Waals surface area contributed by atoms with Crippen molar-refractivity contribution in [2.24, 2.45) is 0 Å². The van der Waals surface area contributed by atoms with Gasteiger partial charge in [0.2, 0.25) is 0 Å². The molecule has 4 N–H and O–H groups in total. The third-order valence-corrected chi connectivity index (χ3v) is 11.9. The Hall–Kier alpha value is -6.12. The summed E-state index contributed by atoms with van der Waals surface area (Å²) in [7, 11) is 5.90. The summed E-state index contributed by atoms with van der Waals surface area (Å²) in [5, 5.41) is 46.2. The molecular weight excluding hydrogens is 663 g/mol. The van der Waals surface area contributed by atoms with Gasteiger partial charge in [-0.2, -0.15) is 0 Å². The van der Waals surface area contributed by atoms with Crippen LogP contribution in [0.5, 0.6) is 23.0 Å². The smallest absolute Gasteiger partial charge is 0.170 e. The van der Waals surface area contributed by atoms with Crippen LogP contribution in [0.4, 0.5) is 0 Å². The monoisotopic (exact) mass is 694 g/mol. The van der Waals surface area contributed by atoms with Gasteiger partial charge in [-0.05, 0) is 64.3 Å². The van der Waals surface area contributed by atoms with E-state index in [-0.39, 0.29) is 11.3 Å². The summed E-state index contributed by atoms with van der Waals surface area (Å²) >= 11 is 1.47. The molecule has 250 valence electrons. The zero-order chi connectivity index (χ0) is 35.9. The van der Waals surface area contributed by atoms with Gasteiger partial charge in [-0.3, -0.25) is 0 Å². The molecule has 2 radical (unpaired) electrons. The van der Waals surface area contributed by atoms with E-state index in [0.29, 0.717) is 16.0 Å². The van der Waals surface area contributed by atoms with Gasteiger partial charge >= 0.3 is 0 Å². The zero-order valence-electron chi connectivity index (χ0n) is 28.3. The highest BCUT2D eigenvalue weighted by atomic mass is 32.1. The minimum Gasteiger partial charge on any atom is -0.505 e. The number of rotatable bonds is 4. The lowest BCUT2D eigenvalue weighted by atomic mass is 9.53. The molecule has 1 aliphatic rings. The summed E-state index contributed by atoms with van der Waals surface area (Å²) in [4.78, 5) is 11.4. The molecule has 0 saturated carbocycles. The van der Waals surface area contributed by atoms with E-state index in [2.05, 4.69) is 86.6 Å². The molecule has 1 aliphatic carbocycles. The Labute approximate surface area is 305 Å². The van der Waals surface area contributed by atoms with Gasteiger partial charge in [0.1, 0.15) is 23.9 Å². The first-order chi connectivity index (χ1) is 25.2. The van der Waals surface area contributed by atoms with Crippen molar-refractivity contribution in [3.63, 3.8) is 0 Å². The Morgan fingerprint density at radius 3 is 1.71 bits per heavy atom. The van der Waals surface area contributed by atoms with Gasteiger partial charge in [-0.15, -0.1) is 11.3 Å². The van der Waals surface area contributed by atoms with Crippen LogP contribution in [-0.4, -0.2) is 38.2 Å². The van der Waals surface area contributed by atoms with E-state index in [1.54, 1.807) is 0 Å². The van der Waals surface area contributed by atoms with Crippen molar-refractivity contribution in [2.75, 3.05) is 0 Å². The number of phenolic OH excluding ortho intramolecular Hbond substituents is 4. The van der Waals surface area contributed by atoms with Crippen molar-refractivity contribution >= 4 is 44.9 Å². The summed E-state index contributed by atoms with van der Waals surface area (Å²) in [6.07, 6.45) is 0. The fourth-order valence-electron chi connectivity index (χ4n) is 8.42. The van der Waals surface area contributed by atoms with Crippen LogP contribution in [0.2, 0.25) is 0 Å². The maximum Gasteiger partial charge on any atom is 0.170 e. The molecule has 0 saturated heterocycles. The standard InChI is InChI=1S/C44H31BN2O4S/c1-24-14-6-8-18-27(24)44(30-21-11-9-19-28(30)43(2,25-15-4-3-5-16-25)29-20-10-12-22-31(29)44)42-46-36(34-37(48)39(50)35(45)40(51)38(34)49)33-26-17-7-13-23-32(26)52-41(33)47-42/h3-23,48-51H,1-2H3. The SMILES string of the molecule is [B]c1c(O)c(O)c(-c2nc(C3(c4ccccc4C)c4ccccc4C(C)(c4ccccc4)c4ccccc43)nc3sc4ccccc4c23)c(O)c1O. The second kappa shape index (κ2) is 11.5. The van der Waals surface area contributed by atoms with Gasteiger partial charge in [0, 0.05) is 20.9 Å². The molecule has 2 heterocycles. The first-order valence-electron chi connectivity index (χ1n) is 17.0. The van der Waals surface area contributed by atoms with Crippen LogP contribution in [-0.2, 0) is 10.8 Å². The first kappa shape index (κ1) is 31.8. The maximum absolute atomic E-state index is 11.5. The molecule has 0 aliphatic heterocycles. The fourth-order valence-corrected chi connectivity index (χ4v) is 9.50. The summed E-state index contributed by atoms with van der Waals surface area (Å²) in [6, 6.07) is 43.3. The summed E-state index contributed by atoms with van der Waals surface area (Å²) in [6.45, 7) is 4.35. The van der Waals surface area contributed by atoms with Crippen molar-refractivity contribution in [3.8, 4) is 34.3 Å². The third kappa shape index (κ3) is 4.12. The third-order valence-electron chi connectivity index (χ3n) is 10.9. The maximum atomic E-state index is 11.5. The molecule has 0 fully saturated rings. The summed E-state index contributed by atoms with van der Waals surface area (Å²) in [5.74, 6) is -2.49. The second-order valence-electron chi connectivity index (χ2n) is 13.5. The van der Waals surface area contributed by atoms with Crippen molar-refractivity contribution in [3.05, 3.63) is 172 Å². The minimum absolute atomic E-state index is 0.150. The molecule has 0 amide bonds. The molecule has 6 nitrogen and oxygen atoms in total. The number of hydrogen-bond donors (Lipinski definition) is 4. The van der Waals surface area contributed by atoms with E-state index < -0.39 is 39.3 Å². The van der Waals surface area contributed by atoms with Gasteiger partial charge in [0.15, 0.2) is 23.0 Å². The van der Waals surface area contributed by atoms with E-state index in [1.807, 2.05) is 54.6 Å². The second-order valence-corrected chi connectivity index (χ2v) is 14.5. The highest BCUT2D eigenvalue weighted by molar-refractivity contribution is 7.25. The van der Waals surface area contributed by atoms with E-state index in [4.69, 9.17) is 17.8 Å². The molecule has 0 spiro atoms. The van der Waals surface area contributed by atoms with Crippen molar-refractivity contribution in [2.45, 2.75) is 24.7 Å². The Balaban J connectivity index is 1.51. The summed E-state index contributed by atoms with van der Waals surface area (Å²) in [5.41, 5.74) is 4.96. The van der Waals surface area contributed by atoms with Crippen molar-refractivity contribution in [1.29, 1.82) is 0 Å². The Kier molecular flexibility index (Phi) is 7.01. The Morgan fingerprint density at radius 1 is 0.577 bits per heavy atom. The van der Waals surface area contributed by atoms with Crippen LogP contribution in [0.25, 0.3) is 31.6 Å². The molecule has 0 atom stereocenters. The molecule has 0 bridgehead atoms. The number of nitrogens with zero attached hydrogens (tertiary/aromatic N) is 2. The quantitative estimate of drug-likeness (QED) is 0.0837. The summed E-state index contributed by atoms with van der Waals surface area (Å²) < 4.78 is 0.916. The van der Waals surface area contributed by atoms with Gasteiger partial charge in [0.05, 0.1) is 11.3 Å². The van der Waals surface area contributed by atoms with E-state index in [0.717, 1.165) is 49.0 Å². The Morgan fingerprint density at radius 2 is 1.10 bits per heavy atom. The highest BCUT2D eigenvalue weighted by Gasteiger charge is 2.53. The van der Waals surface area contributed by atoms with Crippen LogP contribution in [0.3, 0.4) is 0 Å². The minimum atomic E-state index is -1.10. The predicted octanol–water partition coefficient (Wildman–Crippen LogP) is 8.49. The van der Waals surface area contributed by atoms with E-state index in [9.17, 15) is 20.4 Å². The number of phenols is 4. The van der Waals surface area contributed by atoms with Crippen molar-refractivity contribution < 1.29 is 20.4 Å². The average molecular weight is 695 g/mol. The first-order valence-corrected chi connectivity index (χ1v) is 17.8. The van der Waals surface area contributed by atoms with Crippen molar-refractivity contribution in [1.82, 2.24) is 9.97 Å². The van der Waals surface area contributed by atoms with Gasteiger partial charge in [-0.1, -0.05) is 121 Å². The number of fused-ring (bicyclic) bond motifs is 5. The highest BCUT2D eigenvalue weighted by Crippen LogP contribution is 2.59. The molecule has 8 aromatic rings. The lowest BCUT2D eigenvalue weighted by Crippen LogP contribution is -2.44. The number of benzene rings is 6. The lowest BCUT2D eigenvalue weighted by Gasteiger charge is -2.48. The van der Waals surface area contributed by atoms with E-state index in [1.165, 1.54) is 11.3 Å². The number of aryl methyl sites for hydroxylation is 1. The van der Waals surface area contributed by atoms with Gasteiger partial charge in [-0.25, -0.2) is 9.97 Å². The fraction of sp³-hybridized carbons (Fsp3) is 0.0909. The van der Waals surface area contributed by atoms with Gasteiger partial charge < -0.3 is 20.4 Å². The topological polar surface area (TPSA) is 107 Å². The molecule has 0 unspecified atom stereocenters. The average Bonchev–Trinajstić information content (AvgIpc) is 3.56. The molecular formula is C44H31BN2O4S. The van der Waals surface area contributed by atoms with Crippen LogP contribution in [0, 0.1) is 6.92 Å².